The molecule has 1 aromatic carbocycles. The maximum Gasteiger partial charge on any atom is 0.220 e. The topological polar surface area (TPSA) is 53.6 Å². The first-order valence-electron chi connectivity index (χ1n) is 9.61. The second-order valence-corrected chi connectivity index (χ2v) is 7.24. The Morgan fingerprint density at radius 2 is 2.11 bits per heavy atom. The van der Waals surface area contributed by atoms with Gasteiger partial charge in [0.25, 0.3) is 0 Å². The van der Waals surface area contributed by atoms with E-state index in [-0.39, 0.29) is 36.8 Å². The van der Waals surface area contributed by atoms with Crippen molar-refractivity contribution in [2.75, 3.05) is 39.8 Å². The molecular formula is C20H33Cl2N3O2. The van der Waals surface area contributed by atoms with Gasteiger partial charge in [-0.1, -0.05) is 12.1 Å². The number of rotatable bonds is 8. The predicted octanol–water partition coefficient (Wildman–Crippen LogP) is 3.18. The van der Waals surface area contributed by atoms with Crippen LogP contribution in [0, 0.1) is 5.92 Å². The van der Waals surface area contributed by atoms with Crippen molar-refractivity contribution >= 4 is 30.7 Å². The van der Waals surface area contributed by atoms with Crippen LogP contribution >= 0.6 is 24.8 Å². The minimum Gasteiger partial charge on any atom is -0.497 e. The summed E-state index contributed by atoms with van der Waals surface area (Å²) >= 11 is 0. The molecular weight excluding hydrogens is 385 g/mol. The second-order valence-electron chi connectivity index (χ2n) is 7.24. The molecule has 0 bridgehead atoms. The van der Waals surface area contributed by atoms with E-state index in [1.165, 1.54) is 24.8 Å². The minimum absolute atomic E-state index is 0. The highest BCUT2D eigenvalue weighted by Gasteiger charge is 2.24. The van der Waals surface area contributed by atoms with Crippen LogP contribution in [0.2, 0.25) is 0 Å². The van der Waals surface area contributed by atoms with E-state index in [4.69, 9.17) is 4.74 Å². The fraction of sp³-hybridized carbons (Fsp3) is 0.650. The maximum absolute atomic E-state index is 12.3. The number of nitrogens with zero attached hydrogens (tertiary/aromatic N) is 1. The molecule has 2 saturated heterocycles. The van der Waals surface area contributed by atoms with E-state index in [1.54, 1.807) is 7.11 Å². The molecule has 2 unspecified atom stereocenters. The minimum atomic E-state index is 0. The largest absolute Gasteiger partial charge is 0.497 e. The monoisotopic (exact) mass is 417 g/mol. The molecule has 0 aromatic heterocycles. The van der Waals surface area contributed by atoms with Gasteiger partial charge < -0.3 is 15.4 Å². The Labute approximate surface area is 175 Å². The molecule has 1 aromatic rings. The van der Waals surface area contributed by atoms with Gasteiger partial charge in [-0.2, -0.15) is 0 Å². The fourth-order valence-electron chi connectivity index (χ4n) is 3.95. The molecule has 154 valence electrons. The van der Waals surface area contributed by atoms with Crippen LogP contribution in [-0.4, -0.2) is 50.6 Å². The first kappa shape index (κ1) is 24.0. The highest BCUT2D eigenvalue weighted by molar-refractivity contribution is 5.85. The lowest BCUT2D eigenvalue weighted by molar-refractivity contribution is -0.121. The van der Waals surface area contributed by atoms with Gasteiger partial charge in [0.05, 0.1) is 13.2 Å². The van der Waals surface area contributed by atoms with E-state index < -0.39 is 0 Å². The summed E-state index contributed by atoms with van der Waals surface area (Å²) in [6.07, 6.45) is 5.31. The first-order chi connectivity index (χ1) is 12.3. The van der Waals surface area contributed by atoms with Crippen LogP contribution in [0.3, 0.4) is 0 Å². The average Bonchev–Trinajstić information content (AvgIpc) is 3.34. The summed E-state index contributed by atoms with van der Waals surface area (Å²) in [4.78, 5) is 14.8. The van der Waals surface area contributed by atoms with Gasteiger partial charge in [-0.05, 0) is 75.5 Å². The molecule has 7 heteroatoms. The molecule has 2 N–H and O–H groups in total. The standard InChI is InChI=1S/C20H31N3O2.2ClH/c1-25-18-6-4-5-17(13-18)19(23-11-2-3-12-23)15-22-20(24)8-7-16-9-10-21-14-16;;/h4-6,13,16,19,21H,2-3,7-12,14-15H2,1H3,(H,22,24);2*1H. The highest BCUT2D eigenvalue weighted by atomic mass is 35.5. The number of hydrogen-bond donors (Lipinski definition) is 2. The number of ether oxygens (including phenoxy) is 1. The van der Waals surface area contributed by atoms with Gasteiger partial charge in [-0.25, -0.2) is 0 Å². The van der Waals surface area contributed by atoms with Gasteiger partial charge in [0.1, 0.15) is 5.75 Å². The summed E-state index contributed by atoms with van der Waals surface area (Å²) in [5.41, 5.74) is 1.22. The van der Waals surface area contributed by atoms with Crippen molar-refractivity contribution in [1.82, 2.24) is 15.5 Å². The molecule has 3 rings (SSSR count). The number of likely N-dealkylation sites (tertiary alicyclic amines) is 1. The first-order valence-corrected chi connectivity index (χ1v) is 9.61. The normalized spacial score (nSPS) is 20.4. The molecule has 2 aliphatic heterocycles. The lowest BCUT2D eigenvalue weighted by atomic mass is 10.0. The summed E-state index contributed by atoms with van der Waals surface area (Å²) in [6, 6.07) is 8.47. The van der Waals surface area contributed by atoms with E-state index in [0.717, 1.165) is 38.3 Å². The number of halogens is 2. The van der Waals surface area contributed by atoms with Crippen LogP contribution in [0.15, 0.2) is 24.3 Å². The molecule has 2 fully saturated rings. The Morgan fingerprint density at radius 3 is 2.78 bits per heavy atom. The summed E-state index contributed by atoms with van der Waals surface area (Å²) in [6.45, 7) is 5.04. The van der Waals surface area contributed by atoms with Gasteiger partial charge in [-0.3, -0.25) is 9.69 Å². The molecule has 5 nitrogen and oxygen atoms in total. The Kier molecular flexibility index (Phi) is 11.1. The number of methoxy groups -OCH3 is 1. The molecule has 2 heterocycles. The van der Waals surface area contributed by atoms with E-state index in [1.807, 2.05) is 12.1 Å². The number of benzene rings is 1. The molecule has 0 radical (unpaired) electrons. The smallest absolute Gasteiger partial charge is 0.220 e. The Balaban J connectivity index is 0.00000182. The Bertz CT molecular complexity index is 562. The predicted molar refractivity (Wildman–Crippen MR) is 114 cm³/mol. The Hall–Kier alpha value is -1.01. The number of carbonyl (C=O) groups excluding carboxylic acids is 1. The van der Waals surface area contributed by atoms with Crippen molar-refractivity contribution in [1.29, 1.82) is 0 Å². The molecule has 2 aliphatic rings. The molecule has 1 amide bonds. The van der Waals surface area contributed by atoms with Crippen molar-refractivity contribution in [3.63, 3.8) is 0 Å². The summed E-state index contributed by atoms with van der Waals surface area (Å²) < 4.78 is 5.38. The van der Waals surface area contributed by atoms with Crippen molar-refractivity contribution in [3.8, 4) is 5.75 Å². The SMILES string of the molecule is COc1cccc(C(CNC(=O)CCC2CCNC2)N2CCCC2)c1.Cl.Cl. The second kappa shape index (κ2) is 12.4. The molecule has 27 heavy (non-hydrogen) atoms. The maximum atomic E-state index is 12.3. The molecule has 0 aliphatic carbocycles. The average molecular weight is 418 g/mol. The van der Waals surface area contributed by atoms with Crippen molar-refractivity contribution in [2.24, 2.45) is 5.92 Å². The van der Waals surface area contributed by atoms with E-state index >= 15 is 0 Å². The molecule has 2 atom stereocenters. The van der Waals surface area contributed by atoms with E-state index in [0.29, 0.717) is 18.9 Å². The lowest BCUT2D eigenvalue weighted by Gasteiger charge is -2.28. The van der Waals surface area contributed by atoms with Crippen LogP contribution in [0.4, 0.5) is 0 Å². The van der Waals surface area contributed by atoms with Crippen LogP contribution < -0.4 is 15.4 Å². The van der Waals surface area contributed by atoms with Crippen LogP contribution in [0.25, 0.3) is 0 Å². The number of amides is 1. The van der Waals surface area contributed by atoms with Gasteiger partial charge in [-0.15, -0.1) is 24.8 Å². The van der Waals surface area contributed by atoms with Crippen molar-refractivity contribution in [3.05, 3.63) is 29.8 Å². The third-order valence-electron chi connectivity index (χ3n) is 5.49. The third kappa shape index (κ3) is 7.15. The summed E-state index contributed by atoms with van der Waals surface area (Å²) in [7, 11) is 1.70. The number of nitrogens with one attached hydrogen (secondary N) is 2. The number of hydrogen-bond acceptors (Lipinski definition) is 4. The van der Waals surface area contributed by atoms with Crippen LogP contribution in [0.5, 0.6) is 5.75 Å². The van der Waals surface area contributed by atoms with Crippen molar-refractivity contribution in [2.45, 2.75) is 38.1 Å². The number of carbonyl (C=O) groups is 1. The van der Waals surface area contributed by atoms with Gasteiger partial charge in [0, 0.05) is 13.0 Å². The van der Waals surface area contributed by atoms with Crippen LogP contribution in [0.1, 0.15) is 43.7 Å². The quantitative estimate of drug-likeness (QED) is 0.681. The Morgan fingerprint density at radius 1 is 1.33 bits per heavy atom. The molecule has 0 spiro atoms. The summed E-state index contributed by atoms with van der Waals surface area (Å²) in [5.74, 6) is 1.72. The highest BCUT2D eigenvalue weighted by Crippen LogP contribution is 2.27. The van der Waals surface area contributed by atoms with Crippen molar-refractivity contribution < 1.29 is 9.53 Å². The zero-order valence-corrected chi connectivity index (χ0v) is 17.7. The van der Waals surface area contributed by atoms with Gasteiger partial charge in [0.15, 0.2) is 0 Å². The zero-order chi connectivity index (χ0) is 17.5. The lowest BCUT2D eigenvalue weighted by Crippen LogP contribution is -2.36. The van der Waals surface area contributed by atoms with E-state index in [9.17, 15) is 4.79 Å². The van der Waals surface area contributed by atoms with E-state index in [2.05, 4.69) is 27.7 Å². The van der Waals surface area contributed by atoms with Gasteiger partial charge in [0.2, 0.25) is 5.91 Å². The molecule has 0 saturated carbocycles. The summed E-state index contributed by atoms with van der Waals surface area (Å²) in [5, 5.41) is 6.54. The fourth-order valence-corrected chi connectivity index (χ4v) is 3.95. The van der Waals surface area contributed by atoms with Gasteiger partial charge >= 0.3 is 0 Å². The third-order valence-corrected chi connectivity index (χ3v) is 5.49. The van der Waals surface area contributed by atoms with Crippen LogP contribution in [-0.2, 0) is 4.79 Å². The zero-order valence-electron chi connectivity index (χ0n) is 16.1.